The molecule has 1 amide bonds. The summed E-state index contributed by atoms with van der Waals surface area (Å²) >= 11 is 0. The van der Waals surface area contributed by atoms with Crippen LogP contribution in [0, 0.1) is 5.92 Å². The van der Waals surface area contributed by atoms with Crippen LogP contribution in [-0.4, -0.2) is 52.3 Å². The van der Waals surface area contributed by atoms with E-state index < -0.39 is 6.09 Å². The van der Waals surface area contributed by atoms with Gasteiger partial charge in [0.15, 0.2) is 11.9 Å². The van der Waals surface area contributed by atoms with Gasteiger partial charge in [-0.05, 0) is 62.5 Å². The second kappa shape index (κ2) is 9.76. The summed E-state index contributed by atoms with van der Waals surface area (Å²) in [6.07, 6.45) is 5.52. The van der Waals surface area contributed by atoms with E-state index in [2.05, 4.69) is 5.16 Å². The number of fused-ring (bicyclic) bond motifs is 1. The van der Waals surface area contributed by atoms with Crippen LogP contribution in [-0.2, 0) is 29.1 Å². The summed E-state index contributed by atoms with van der Waals surface area (Å²) in [5, 5.41) is 24.1. The molecular weight excluding hydrogens is 388 g/mol. The van der Waals surface area contributed by atoms with E-state index in [0.717, 1.165) is 73.8 Å². The van der Waals surface area contributed by atoms with Crippen LogP contribution in [0.2, 0.25) is 0 Å². The molecule has 0 saturated carbocycles. The van der Waals surface area contributed by atoms with E-state index in [1.54, 1.807) is 0 Å². The van der Waals surface area contributed by atoms with Gasteiger partial charge in [0.1, 0.15) is 0 Å². The van der Waals surface area contributed by atoms with Gasteiger partial charge >= 0.3 is 6.09 Å². The number of ether oxygens (including phenoxy) is 2. The van der Waals surface area contributed by atoms with Crippen LogP contribution in [0.1, 0.15) is 55.3 Å². The summed E-state index contributed by atoms with van der Waals surface area (Å²) in [5.41, 5.74) is 3.19. The molecule has 30 heavy (non-hydrogen) atoms. The number of hydrogen-bond donors (Lipinski definition) is 2. The molecule has 2 N–H and O–H groups in total. The Bertz CT molecular complexity index is 853. The molecule has 1 aromatic carbocycles. The van der Waals surface area contributed by atoms with Gasteiger partial charge in [0.05, 0.1) is 18.9 Å². The number of rotatable bonds is 7. The second-order valence-electron chi connectivity index (χ2n) is 8.23. The number of benzene rings is 1. The molecule has 2 aromatic rings. The normalized spacial score (nSPS) is 20.7. The SMILES string of the molecule is O=C(O)N1CCC(CCc2noc3c(COC4CCCCO4)c(CO)ccc23)CC1. The summed E-state index contributed by atoms with van der Waals surface area (Å²) in [7, 11) is 0. The van der Waals surface area contributed by atoms with Crippen LogP contribution in [0.25, 0.3) is 11.0 Å². The third-order valence-corrected chi connectivity index (χ3v) is 6.31. The Kier molecular flexibility index (Phi) is 6.86. The standard InChI is InChI=1S/C22H30N2O6/c25-13-16-5-6-17-19(7-4-15-8-10-24(11-9-15)22(26)27)23-30-21(17)18(16)14-29-20-3-1-2-12-28-20/h5-6,15,20,25H,1-4,7-14H2,(H,26,27). The zero-order valence-electron chi connectivity index (χ0n) is 17.2. The van der Waals surface area contributed by atoms with Crippen LogP contribution < -0.4 is 0 Å². The third kappa shape index (κ3) is 4.77. The number of aliphatic hydroxyl groups is 1. The van der Waals surface area contributed by atoms with Crippen molar-refractivity contribution in [3.63, 3.8) is 0 Å². The molecule has 8 nitrogen and oxygen atoms in total. The highest BCUT2D eigenvalue weighted by Gasteiger charge is 2.23. The highest BCUT2D eigenvalue weighted by Crippen LogP contribution is 2.30. The number of nitrogens with zero attached hydrogens (tertiary/aromatic N) is 2. The molecule has 1 atom stereocenters. The number of carbonyl (C=O) groups is 1. The minimum atomic E-state index is -0.830. The lowest BCUT2D eigenvalue weighted by molar-refractivity contribution is -0.169. The molecule has 2 aliphatic rings. The van der Waals surface area contributed by atoms with E-state index in [1.807, 2.05) is 12.1 Å². The quantitative estimate of drug-likeness (QED) is 0.706. The lowest BCUT2D eigenvalue weighted by Gasteiger charge is -2.29. The molecule has 8 heteroatoms. The summed E-state index contributed by atoms with van der Waals surface area (Å²) in [4.78, 5) is 12.5. The van der Waals surface area contributed by atoms with Crippen LogP contribution in [0.5, 0.6) is 0 Å². The molecular formula is C22H30N2O6. The van der Waals surface area contributed by atoms with Crippen molar-refractivity contribution in [2.75, 3.05) is 19.7 Å². The summed E-state index contributed by atoms with van der Waals surface area (Å²) < 4.78 is 17.3. The number of piperidine rings is 1. The average Bonchev–Trinajstić information content (AvgIpc) is 3.20. The van der Waals surface area contributed by atoms with Crippen LogP contribution in [0.3, 0.4) is 0 Å². The predicted octanol–water partition coefficient (Wildman–Crippen LogP) is 3.69. The van der Waals surface area contributed by atoms with Crippen molar-refractivity contribution in [3.05, 3.63) is 29.0 Å². The van der Waals surface area contributed by atoms with E-state index in [9.17, 15) is 9.90 Å². The molecule has 2 saturated heterocycles. The number of likely N-dealkylation sites (tertiary alicyclic amines) is 1. The number of aromatic nitrogens is 1. The molecule has 2 fully saturated rings. The molecule has 0 radical (unpaired) electrons. The lowest BCUT2D eigenvalue weighted by atomic mass is 9.91. The van der Waals surface area contributed by atoms with Gasteiger partial charge in [-0.15, -0.1) is 0 Å². The molecule has 0 spiro atoms. The largest absolute Gasteiger partial charge is 0.465 e. The number of amides is 1. The number of hydrogen-bond acceptors (Lipinski definition) is 6. The number of aliphatic hydroxyl groups excluding tert-OH is 1. The Morgan fingerprint density at radius 2 is 2.07 bits per heavy atom. The highest BCUT2D eigenvalue weighted by molar-refractivity contribution is 5.83. The van der Waals surface area contributed by atoms with Gasteiger partial charge in [0.25, 0.3) is 0 Å². The van der Waals surface area contributed by atoms with Crippen LogP contribution in [0.4, 0.5) is 4.79 Å². The Labute approximate surface area is 175 Å². The van der Waals surface area contributed by atoms with Crippen molar-refractivity contribution in [2.45, 2.75) is 64.4 Å². The van der Waals surface area contributed by atoms with Gasteiger partial charge in [-0.3, -0.25) is 0 Å². The van der Waals surface area contributed by atoms with Crippen LogP contribution >= 0.6 is 0 Å². The molecule has 4 rings (SSSR count). The maximum Gasteiger partial charge on any atom is 0.407 e. The maximum absolute atomic E-state index is 11.1. The first-order valence-corrected chi connectivity index (χ1v) is 10.9. The monoisotopic (exact) mass is 418 g/mol. The van der Waals surface area contributed by atoms with Crippen molar-refractivity contribution in [1.82, 2.24) is 10.1 Å². The van der Waals surface area contributed by atoms with Gasteiger partial charge in [-0.25, -0.2) is 4.79 Å². The van der Waals surface area contributed by atoms with E-state index in [0.29, 0.717) is 31.2 Å². The fraction of sp³-hybridized carbons (Fsp3) is 0.636. The zero-order chi connectivity index (χ0) is 20.9. The topological polar surface area (TPSA) is 105 Å². The van der Waals surface area contributed by atoms with Crippen molar-refractivity contribution in [2.24, 2.45) is 5.92 Å². The first kappa shape index (κ1) is 21.1. The predicted molar refractivity (Wildman–Crippen MR) is 109 cm³/mol. The smallest absolute Gasteiger partial charge is 0.407 e. The van der Waals surface area contributed by atoms with Crippen molar-refractivity contribution in [3.8, 4) is 0 Å². The lowest BCUT2D eigenvalue weighted by Crippen LogP contribution is -2.37. The van der Waals surface area contributed by atoms with E-state index in [1.165, 1.54) is 4.90 Å². The van der Waals surface area contributed by atoms with Gasteiger partial charge in [0.2, 0.25) is 0 Å². The molecule has 3 heterocycles. The van der Waals surface area contributed by atoms with Gasteiger partial charge in [-0.2, -0.15) is 0 Å². The Morgan fingerprint density at radius 1 is 1.23 bits per heavy atom. The first-order valence-electron chi connectivity index (χ1n) is 10.9. The first-order chi connectivity index (χ1) is 14.7. The number of aryl methyl sites for hydroxylation is 1. The highest BCUT2D eigenvalue weighted by atomic mass is 16.7. The molecule has 164 valence electrons. The molecule has 1 aromatic heterocycles. The molecule has 0 aliphatic carbocycles. The fourth-order valence-corrected chi connectivity index (χ4v) is 4.41. The summed E-state index contributed by atoms with van der Waals surface area (Å²) in [5.74, 6) is 0.496. The number of carboxylic acid groups (broad SMARTS) is 1. The fourth-order valence-electron chi connectivity index (χ4n) is 4.41. The summed E-state index contributed by atoms with van der Waals surface area (Å²) in [6, 6.07) is 3.87. The molecule has 0 bridgehead atoms. The van der Waals surface area contributed by atoms with Crippen molar-refractivity contribution >= 4 is 17.1 Å². The van der Waals surface area contributed by atoms with Crippen LogP contribution in [0.15, 0.2) is 16.7 Å². The van der Waals surface area contributed by atoms with Crippen molar-refractivity contribution < 1.29 is 29.0 Å². The Morgan fingerprint density at radius 3 is 2.77 bits per heavy atom. The zero-order valence-corrected chi connectivity index (χ0v) is 17.2. The van der Waals surface area contributed by atoms with E-state index in [4.69, 9.17) is 19.1 Å². The Balaban J connectivity index is 1.42. The maximum atomic E-state index is 11.1. The Hall–Kier alpha value is -2.16. The van der Waals surface area contributed by atoms with E-state index in [-0.39, 0.29) is 12.9 Å². The van der Waals surface area contributed by atoms with E-state index >= 15 is 0 Å². The van der Waals surface area contributed by atoms with Gasteiger partial charge in [0, 0.05) is 30.6 Å². The van der Waals surface area contributed by atoms with Gasteiger partial charge < -0.3 is 29.1 Å². The van der Waals surface area contributed by atoms with Gasteiger partial charge in [-0.1, -0.05) is 11.2 Å². The summed E-state index contributed by atoms with van der Waals surface area (Å²) in [6.45, 7) is 2.16. The van der Waals surface area contributed by atoms with Crippen molar-refractivity contribution in [1.29, 1.82) is 0 Å². The minimum absolute atomic E-state index is 0.0850. The molecule has 2 aliphatic heterocycles. The third-order valence-electron chi connectivity index (χ3n) is 6.31. The second-order valence-corrected chi connectivity index (χ2v) is 8.23. The molecule has 1 unspecified atom stereocenters. The minimum Gasteiger partial charge on any atom is -0.465 e. The average molecular weight is 418 g/mol.